The summed E-state index contributed by atoms with van der Waals surface area (Å²) in [7, 11) is 1.41. The van der Waals surface area contributed by atoms with Crippen LogP contribution in [0.3, 0.4) is 0 Å². The molecule has 0 bridgehead atoms. The summed E-state index contributed by atoms with van der Waals surface area (Å²) < 4.78 is 10.3. The Morgan fingerprint density at radius 2 is 2.33 bits per heavy atom. The molecule has 1 aromatic carbocycles. The van der Waals surface area contributed by atoms with Crippen LogP contribution in [-0.2, 0) is 20.7 Å². The lowest BCUT2D eigenvalue weighted by atomic mass is 9.97. The van der Waals surface area contributed by atoms with Crippen LogP contribution in [0.1, 0.15) is 23.7 Å². The van der Waals surface area contributed by atoms with E-state index >= 15 is 0 Å². The summed E-state index contributed by atoms with van der Waals surface area (Å²) in [4.78, 5) is 11.0. The normalized spacial score (nSPS) is 18.2. The third-order valence-corrected chi connectivity index (χ3v) is 3.16. The fourth-order valence-corrected chi connectivity index (χ4v) is 2.17. The van der Waals surface area contributed by atoms with Gasteiger partial charge in [0.2, 0.25) is 0 Å². The van der Waals surface area contributed by atoms with Crippen LogP contribution in [0.2, 0.25) is 0 Å². The molecule has 1 aromatic rings. The molecule has 1 aliphatic rings. The van der Waals surface area contributed by atoms with Crippen LogP contribution in [-0.4, -0.2) is 32.8 Å². The van der Waals surface area contributed by atoms with E-state index in [0.717, 1.165) is 19.6 Å². The van der Waals surface area contributed by atoms with Gasteiger partial charge in [0, 0.05) is 13.1 Å². The number of benzene rings is 1. The van der Waals surface area contributed by atoms with E-state index in [-0.39, 0.29) is 12.1 Å². The molecule has 2 rings (SSSR count). The van der Waals surface area contributed by atoms with Crippen molar-refractivity contribution in [3.05, 3.63) is 35.4 Å². The van der Waals surface area contributed by atoms with Crippen molar-refractivity contribution in [3.8, 4) is 0 Å². The molecule has 1 unspecified atom stereocenters. The van der Waals surface area contributed by atoms with Gasteiger partial charge in [0.05, 0.1) is 26.2 Å². The quantitative estimate of drug-likeness (QED) is 0.634. The highest BCUT2D eigenvalue weighted by Crippen LogP contribution is 2.25. The Labute approximate surface area is 107 Å². The predicted octanol–water partition coefficient (Wildman–Crippen LogP) is 1.45. The number of nitrogens with one attached hydrogen (secondary N) is 1. The van der Waals surface area contributed by atoms with Crippen LogP contribution in [0.15, 0.2) is 24.3 Å². The molecule has 4 heteroatoms. The first-order valence-electron chi connectivity index (χ1n) is 6.28. The summed E-state index contributed by atoms with van der Waals surface area (Å²) in [5.41, 5.74) is 2.62. The van der Waals surface area contributed by atoms with Gasteiger partial charge in [-0.2, -0.15) is 0 Å². The van der Waals surface area contributed by atoms with Gasteiger partial charge >= 0.3 is 5.97 Å². The molecule has 0 aliphatic carbocycles. The molecule has 0 radical (unpaired) electrons. The third kappa shape index (κ3) is 3.31. The second-order valence-electron chi connectivity index (χ2n) is 4.34. The monoisotopic (exact) mass is 249 g/mol. The number of hydrogen-bond acceptors (Lipinski definition) is 4. The minimum Gasteiger partial charge on any atom is -0.469 e. The van der Waals surface area contributed by atoms with Crippen molar-refractivity contribution in [2.45, 2.75) is 18.9 Å². The Morgan fingerprint density at radius 1 is 1.50 bits per heavy atom. The first-order valence-corrected chi connectivity index (χ1v) is 6.28. The Morgan fingerprint density at radius 3 is 3.17 bits per heavy atom. The van der Waals surface area contributed by atoms with Gasteiger partial charge in [0.25, 0.3) is 0 Å². The number of carbonyl (C=O) groups excluding carboxylic acids is 1. The van der Waals surface area contributed by atoms with Crippen LogP contribution in [0.5, 0.6) is 0 Å². The third-order valence-electron chi connectivity index (χ3n) is 3.16. The van der Waals surface area contributed by atoms with E-state index in [0.29, 0.717) is 13.0 Å². The van der Waals surface area contributed by atoms with Crippen LogP contribution in [0.25, 0.3) is 0 Å². The standard InChI is InChI=1S/C14H19NO3/c1-17-14(16)6-8-15-10-13-12-5-3-2-4-11(12)7-9-18-13/h2-5,13,15H,6-10H2,1H3. The maximum atomic E-state index is 11.0. The van der Waals surface area contributed by atoms with Crippen molar-refractivity contribution in [1.82, 2.24) is 5.32 Å². The number of ether oxygens (including phenoxy) is 2. The number of rotatable bonds is 5. The molecule has 1 aliphatic heterocycles. The Bertz CT molecular complexity index is 406. The van der Waals surface area contributed by atoms with E-state index in [1.807, 2.05) is 6.07 Å². The smallest absolute Gasteiger partial charge is 0.306 e. The average molecular weight is 249 g/mol. The minimum atomic E-state index is -0.188. The first kappa shape index (κ1) is 13.1. The lowest BCUT2D eigenvalue weighted by Gasteiger charge is -2.26. The van der Waals surface area contributed by atoms with Crippen molar-refractivity contribution >= 4 is 5.97 Å². The van der Waals surface area contributed by atoms with Crippen molar-refractivity contribution in [2.24, 2.45) is 0 Å². The summed E-state index contributed by atoms with van der Waals surface area (Å²) in [6, 6.07) is 8.36. The molecule has 0 saturated carbocycles. The van der Waals surface area contributed by atoms with Gasteiger partial charge in [-0.15, -0.1) is 0 Å². The second kappa shape index (κ2) is 6.52. The topological polar surface area (TPSA) is 47.6 Å². The highest BCUT2D eigenvalue weighted by Gasteiger charge is 2.19. The van der Waals surface area contributed by atoms with Crippen molar-refractivity contribution in [3.63, 3.8) is 0 Å². The van der Waals surface area contributed by atoms with Gasteiger partial charge < -0.3 is 14.8 Å². The molecular formula is C14H19NO3. The molecular weight excluding hydrogens is 230 g/mol. The summed E-state index contributed by atoms with van der Waals surface area (Å²) in [5, 5.41) is 3.24. The average Bonchev–Trinajstić information content (AvgIpc) is 2.43. The summed E-state index contributed by atoms with van der Waals surface area (Å²) in [6.07, 6.45) is 1.47. The molecule has 1 atom stereocenters. The first-order chi connectivity index (χ1) is 8.81. The molecule has 0 saturated heterocycles. The van der Waals surface area contributed by atoms with Gasteiger partial charge in [-0.25, -0.2) is 0 Å². The Hall–Kier alpha value is -1.39. The maximum absolute atomic E-state index is 11.0. The van der Waals surface area contributed by atoms with Crippen LogP contribution in [0, 0.1) is 0 Å². The van der Waals surface area contributed by atoms with E-state index in [1.165, 1.54) is 18.2 Å². The number of hydrogen-bond donors (Lipinski definition) is 1. The van der Waals surface area contributed by atoms with Crippen LogP contribution >= 0.6 is 0 Å². The zero-order valence-electron chi connectivity index (χ0n) is 10.6. The van der Waals surface area contributed by atoms with E-state index < -0.39 is 0 Å². The van der Waals surface area contributed by atoms with Crippen molar-refractivity contribution < 1.29 is 14.3 Å². The number of methoxy groups -OCH3 is 1. The van der Waals surface area contributed by atoms with Crippen molar-refractivity contribution in [1.29, 1.82) is 0 Å². The maximum Gasteiger partial charge on any atom is 0.306 e. The SMILES string of the molecule is COC(=O)CCNCC1OCCc2ccccc21. The highest BCUT2D eigenvalue weighted by atomic mass is 16.5. The number of esters is 1. The zero-order valence-corrected chi connectivity index (χ0v) is 10.6. The Kier molecular flexibility index (Phi) is 4.73. The molecule has 0 spiro atoms. The van der Waals surface area contributed by atoms with Gasteiger partial charge in [0.15, 0.2) is 0 Å². The number of carbonyl (C=O) groups is 1. The van der Waals surface area contributed by atoms with Gasteiger partial charge in [-0.1, -0.05) is 24.3 Å². The molecule has 98 valence electrons. The van der Waals surface area contributed by atoms with E-state index in [1.54, 1.807) is 0 Å². The molecule has 0 aromatic heterocycles. The highest BCUT2D eigenvalue weighted by molar-refractivity contribution is 5.69. The largest absolute Gasteiger partial charge is 0.469 e. The fourth-order valence-electron chi connectivity index (χ4n) is 2.17. The molecule has 0 amide bonds. The molecule has 1 N–H and O–H groups in total. The van der Waals surface area contributed by atoms with E-state index in [9.17, 15) is 4.79 Å². The molecule has 0 fully saturated rings. The van der Waals surface area contributed by atoms with E-state index in [4.69, 9.17) is 4.74 Å². The Balaban J connectivity index is 1.82. The van der Waals surface area contributed by atoms with Crippen LogP contribution < -0.4 is 5.32 Å². The molecule has 1 heterocycles. The van der Waals surface area contributed by atoms with E-state index in [2.05, 4.69) is 28.3 Å². The lowest BCUT2D eigenvalue weighted by molar-refractivity contribution is -0.140. The molecule has 18 heavy (non-hydrogen) atoms. The minimum absolute atomic E-state index is 0.0904. The van der Waals surface area contributed by atoms with Gasteiger partial charge in [0.1, 0.15) is 0 Å². The molecule has 4 nitrogen and oxygen atoms in total. The van der Waals surface area contributed by atoms with Crippen molar-refractivity contribution in [2.75, 3.05) is 26.8 Å². The van der Waals surface area contributed by atoms with Crippen LogP contribution in [0.4, 0.5) is 0 Å². The van der Waals surface area contributed by atoms with Gasteiger partial charge in [-0.3, -0.25) is 4.79 Å². The fraction of sp³-hybridized carbons (Fsp3) is 0.500. The summed E-state index contributed by atoms with van der Waals surface area (Å²) in [5.74, 6) is -0.188. The summed E-state index contributed by atoms with van der Waals surface area (Å²) >= 11 is 0. The second-order valence-corrected chi connectivity index (χ2v) is 4.34. The summed E-state index contributed by atoms with van der Waals surface area (Å²) in [6.45, 7) is 2.11. The predicted molar refractivity (Wildman–Crippen MR) is 68.3 cm³/mol. The lowest BCUT2D eigenvalue weighted by Crippen LogP contribution is -2.29. The zero-order chi connectivity index (χ0) is 12.8. The van der Waals surface area contributed by atoms with Gasteiger partial charge in [-0.05, 0) is 17.5 Å². The number of fused-ring (bicyclic) bond motifs is 1.